The van der Waals surface area contributed by atoms with E-state index in [4.69, 9.17) is 14.3 Å². The number of aliphatic hydroxyl groups excluding tert-OH is 1. The molecule has 2 N–H and O–H groups in total. The van der Waals surface area contributed by atoms with Gasteiger partial charge in [0.2, 0.25) is 5.76 Å². The number of hydrogen-bond acceptors (Lipinski definition) is 4. The number of carbonyl (C=O) groups is 1. The molecule has 0 aliphatic heterocycles. The average molecular weight is 439 g/mol. The maximum atomic E-state index is 11.2. The van der Waals surface area contributed by atoms with Crippen LogP contribution < -0.4 is 4.74 Å². The molecule has 5 heteroatoms. The zero-order valence-electron chi connectivity index (χ0n) is 19.6. The number of rotatable bonds is 9. The van der Waals surface area contributed by atoms with Gasteiger partial charge in [0, 0.05) is 5.39 Å². The Kier molecular flexibility index (Phi) is 7.29. The first-order valence-corrected chi connectivity index (χ1v) is 11.3. The molecule has 0 saturated carbocycles. The molecule has 2 unspecified atom stereocenters. The van der Waals surface area contributed by atoms with Gasteiger partial charge in [0.1, 0.15) is 17.9 Å². The Balaban J connectivity index is 1.65. The van der Waals surface area contributed by atoms with Crippen LogP contribution in [0, 0.1) is 12.3 Å². The minimum atomic E-state index is -1.05. The summed E-state index contributed by atoms with van der Waals surface area (Å²) >= 11 is 0. The van der Waals surface area contributed by atoms with Gasteiger partial charge >= 0.3 is 5.97 Å². The van der Waals surface area contributed by atoms with Gasteiger partial charge in [0.15, 0.2) is 0 Å². The Morgan fingerprint density at radius 2 is 1.88 bits per heavy atom. The van der Waals surface area contributed by atoms with Crippen molar-refractivity contribution in [3.63, 3.8) is 0 Å². The second-order valence-corrected chi connectivity index (χ2v) is 9.65. The topological polar surface area (TPSA) is 79.9 Å². The summed E-state index contributed by atoms with van der Waals surface area (Å²) in [6, 6.07) is 13.8. The molecule has 5 nitrogen and oxygen atoms in total. The highest BCUT2D eigenvalue weighted by Gasteiger charge is 2.23. The van der Waals surface area contributed by atoms with Crippen molar-refractivity contribution < 1.29 is 24.2 Å². The monoisotopic (exact) mass is 438 g/mol. The fourth-order valence-corrected chi connectivity index (χ4v) is 3.82. The lowest BCUT2D eigenvalue weighted by Gasteiger charge is -2.26. The van der Waals surface area contributed by atoms with E-state index in [1.807, 2.05) is 52.0 Å². The lowest BCUT2D eigenvalue weighted by molar-refractivity contribution is 0.0216. The molecular formula is C27H34O5. The van der Waals surface area contributed by atoms with Crippen LogP contribution in [0.3, 0.4) is 0 Å². The quantitative estimate of drug-likeness (QED) is 0.407. The van der Waals surface area contributed by atoms with Crippen molar-refractivity contribution in [2.75, 3.05) is 6.61 Å². The summed E-state index contributed by atoms with van der Waals surface area (Å²) in [5.41, 5.74) is 3.91. The van der Waals surface area contributed by atoms with Crippen molar-refractivity contribution >= 4 is 16.9 Å². The summed E-state index contributed by atoms with van der Waals surface area (Å²) in [5, 5.41) is 20.2. The van der Waals surface area contributed by atoms with Crippen molar-refractivity contribution in [3.8, 4) is 5.75 Å². The molecule has 1 heterocycles. The third-order valence-corrected chi connectivity index (χ3v) is 6.13. The van der Waals surface area contributed by atoms with Gasteiger partial charge in [-0.25, -0.2) is 4.79 Å². The smallest absolute Gasteiger partial charge is 0.371 e. The molecule has 0 fully saturated rings. The van der Waals surface area contributed by atoms with Gasteiger partial charge in [-0.1, -0.05) is 45.9 Å². The van der Waals surface area contributed by atoms with Crippen LogP contribution in [0.4, 0.5) is 0 Å². The third-order valence-electron chi connectivity index (χ3n) is 6.13. The Morgan fingerprint density at radius 1 is 1.12 bits per heavy atom. The van der Waals surface area contributed by atoms with E-state index in [1.165, 1.54) is 11.1 Å². The van der Waals surface area contributed by atoms with E-state index in [0.29, 0.717) is 11.5 Å². The Hall–Kier alpha value is -2.79. The van der Waals surface area contributed by atoms with Crippen molar-refractivity contribution in [1.29, 1.82) is 0 Å². The van der Waals surface area contributed by atoms with E-state index >= 15 is 0 Å². The number of aryl methyl sites for hydroxylation is 2. The predicted octanol–water partition coefficient (Wildman–Crippen LogP) is 6.35. The van der Waals surface area contributed by atoms with Crippen molar-refractivity contribution in [1.82, 2.24) is 0 Å². The molecular weight excluding hydrogens is 404 g/mol. The summed E-state index contributed by atoms with van der Waals surface area (Å²) in [5.74, 6) is 0.105. The molecule has 0 bridgehead atoms. The number of benzene rings is 2. The molecule has 32 heavy (non-hydrogen) atoms. The Bertz CT molecular complexity index is 1070. The molecule has 3 rings (SSSR count). The number of ether oxygens (including phenoxy) is 1. The normalized spacial score (nSPS) is 13.8. The van der Waals surface area contributed by atoms with E-state index in [-0.39, 0.29) is 17.8 Å². The van der Waals surface area contributed by atoms with Gasteiger partial charge in [-0.15, -0.1) is 0 Å². The fraction of sp³-hybridized carbons (Fsp3) is 0.444. The summed E-state index contributed by atoms with van der Waals surface area (Å²) in [6.45, 7) is 10.5. The summed E-state index contributed by atoms with van der Waals surface area (Å²) in [7, 11) is 0. The largest absolute Gasteiger partial charge is 0.491 e. The fourth-order valence-electron chi connectivity index (χ4n) is 3.82. The van der Waals surface area contributed by atoms with Crippen LogP contribution >= 0.6 is 0 Å². The molecule has 2 aromatic carbocycles. The van der Waals surface area contributed by atoms with Gasteiger partial charge < -0.3 is 19.4 Å². The van der Waals surface area contributed by atoms with E-state index in [1.54, 1.807) is 6.07 Å². The van der Waals surface area contributed by atoms with E-state index in [2.05, 4.69) is 19.1 Å². The van der Waals surface area contributed by atoms with Crippen molar-refractivity contribution in [2.45, 2.75) is 65.9 Å². The highest BCUT2D eigenvalue weighted by molar-refractivity contribution is 5.91. The number of carboxylic acid groups (broad SMARTS) is 1. The second-order valence-electron chi connectivity index (χ2n) is 9.65. The standard InChI is InChI=1S/C27H34O5/c1-6-19(20-10-12-23-21(14-20)15-24(32-23)26(29)30)9-7-18-8-11-22(17(2)13-18)31-16-25(28)27(3,4)5/h8,10-15,19,25,28H,6-7,9,16H2,1-5H3,(H,29,30). The molecule has 2 atom stereocenters. The average Bonchev–Trinajstić information content (AvgIpc) is 3.16. The first-order valence-electron chi connectivity index (χ1n) is 11.3. The second kappa shape index (κ2) is 9.78. The van der Waals surface area contributed by atoms with Crippen LogP contribution in [-0.4, -0.2) is 28.9 Å². The third kappa shape index (κ3) is 5.71. The van der Waals surface area contributed by atoms with Gasteiger partial charge in [0.05, 0.1) is 6.10 Å². The highest BCUT2D eigenvalue weighted by Crippen LogP contribution is 2.30. The Morgan fingerprint density at radius 3 is 2.50 bits per heavy atom. The molecule has 0 amide bonds. The van der Waals surface area contributed by atoms with Crippen molar-refractivity contribution in [2.24, 2.45) is 5.41 Å². The zero-order valence-corrected chi connectivity index (χ0v) is 19.6. The van der Waals surface area contributed by atoms with E-state index in [9.17, 15) is 9.90 Å². The number of aromatic carboxylic acids is 1. The first kappa shape index (κ1) is 23.9. The Labute approximate surface area is 190 Å². The van der Waals surface area contributed by atoms with Crippen LogP contribution in [0.15, 0.2) is 46.9 Å². The van der Waals surface area contributed by atoms with Crippen LogP contribution in [0.1, 0.15) is 73.7 Å². The lowest BCUT2D eigenvalue weighted by atomic mass is 9.89. The molecule has 0 aliphatic carbocycles. The number of furan rings is 1. The first-order chi connectivity index (χ1) is 15.1. The molecule has 172 valence electrons. The summed E-state index contributed by atoms with van der Waals surface area (Å²) < 4.78 is 11.2. The van der Waals surface area contributed by atoms with Gasteiger partial charge in [-0.05, 0) is 78.5 Å². The highest BCUT2D eigenvalue weighted by atomic mass is 16.5. The van der Waals surface area contributed by atoms with E-state index < -0.39 is 12.1 Å². The molecule has 3 aromatic rings. The van der Waals surface area contributed by atoms with Gasteiger partial charge in [-0.3, -0.25) is 0 Å². The molecule has 0 aliphatic rings. The maximum absolute atomic E-state index is 11.2. The predicted molar refractivity (Wildman–Crippen MR) is 127 cm³/mol. The van der Waals surface area contributed by atoms with Crippen LogP contribution in [-0.2, 0) is 6.42 Å². The SMILES string of the molecule is CCC(CCc1ccc(OCC(O)C(C)(C)C)c(C)c1)c1ccc2oc(C(=O)O)cc2c1. The van der Waals surface area contributed by atoms with Gasteiger partial charge in [0.25, 0.3) is 0 Å². The van der Waals surface area contributed by atoms with Crippen LogP contribution in [0.25, 0.3) is 11.0 Å². The minimum absolute atomic E-state index is 0.0296. The van der Waals surface area contributed by atoms with Gasteiger partial charge in [-0.2, -0.15) is 0 Å². The van der Waals surface area contributed by atoms with E-state index in [0.717, 1.165) is 36.0 Å². The van der Waals surface area contributed by atoms with Crippen LogP contribution in [0.2, 0.25) is 0 Å². The zero-order chi connectivity index (χ0) is 23.5. The number of aliphatic hydroxyl groups is 1. The molecule has 0 saturated heterocycles. The molecule has 0 spiro atoms. The van der Waals surface area contributed by atoms with Crippen LogP contribution in [0.5, 0.6) is 5.75 Å². The summed E-state index contributed by atoms with van der Waals surface area (Å²) in [6.07, 6.45) is 2.41. The number of carboxylic acids is 1. The molecule has 1 aromatic heterocycles. The minimum Gasteiger partial charge on any atom is -0.491 e. The lowest BCUT2D eigenvalue weighted by Crippen LogP contribution is -2.32. The summed E-state index contributed by atoms with van der Waals surface area (Å²) in [4.78, 5) is 11.2. The number of hydrogen-bond donors (Lipinski definition) is 2. The van der Waals surface area contributed by atoms with Crippen molar-refractivity contribution in [3.05, 3.63) is 64.9 Å². The maximum Gasteiger partial charge on any atom is 0.371 e. The molecule has 0 radical (unpaired) electrons. The number of fused-ring (bicyclic) bond motifs is 1.